The van der Waals surface area contributed by atoms with Crippen LogP contribution < -0.4 is 15.4 Å². The molecule has 2 N–H and O–H groups in total. The predicted molar refractivity (Wildman–Crippen MR) is 149 cm³/mol. The van der Waals surface area contributed by atoms with Crippen LogP contribution >= 0.6 is 22.7 Å². The van der Waals surface area contributed by atoms with Crippen LogP contribution in [0.15, 0.2) is 71.6 Å². The number of carbonyl (C=O) groups excluding carboxylic acids is 2. The molecule has 2 aromatic carbocycles. The van der Waals surface area contributed by atoms with Crippen molar-refractivity contribution in [3.63, 3.8) is 0 Å². The minimum atomic E-state index is -0.228. The normalized spacial score (nSPS) is 10.7. The number of thiazole rings is 1. The fraction of sp³-hybridized carbons (Fsp3) is 0.250. The largest absolute Gasteiger partial charge is 0.493 e. The van der Waals surface area contributed by atoms with Crippen molar-refractivity contribution < 1.29 is 19.1 Å². The van der Waals surface area contributed by atoms with E-state index in [1.54, 1.807) is 30.7 Å². The lowest BCUT2D eigenvalue weighted by Gasteiger charge is -2.12. The number of thiophene rings is 1. The molecule has 0 aliphatic heterocycles. The maximum Gasteiger partial charge on any atom is 0.257 e. The van der Waals surface area contributed by atoms with Crippen molar-refractivity contribution in [1.82, 2.24) is 4.98 Å². The Labute approximate surface area is 224 Å². The lowest BCUT2D eigenvalue weighted by molar-refractivity contribution is -0.115. The molecule has 0 radical (unpaired) electrons. The van der Waals surface area contributed by atoms with E-state index >= 15 is 0 Å². The molecule has 2 aromatic heterocycles. The zero-order valence-electron chi connectivity index (χ0n) is 20.6. The second kappa shape index (κ2) is 13.7. The van der Waals surface area contributed by atoms with E-state index in [9.17, 15) is 9.59 Å². The second-order valence-corrected chi connectivity index (χ2v) is 10.3. The van der Waals surface area contributed by atoms with Crippen molar-refractivity contribution in [3.05, 3.63) is 93.1 Å². The Morgan fingerprint density at radius 1 is 0.919 bits per heavy atom. The molecule has 2 amide bonds. The Kier molecular flexibility index (Phi) is 9.81. The first-order valence-electron chi connectivity index (χ1n) is 12.0. The molecule has 0 unspecified atom stereocenters. The Morgan fingerprint density at radius 2 is 1.81 bits per heavy atom. The van der Waals surface area contributed by atoms with Gasteiger partial charge in [-0.3, -0.25) is 14.9 Å². The fourth-order valence-electron chi connectivity index (χ4n) is 3.74. The molecule has 7 nitrogen and oxygen atoms in total. The van der Waals surface area contributed by atoms with Gasteiger partial charge in [0.1, 0.15) is 5.75 Å². The molecule has 4 aromatic rings. The number of benzene rings is 2. The Balaban J connectivity index is 1.42. The van der Waals surface area contributed by atoms with Gasteiger partial charge in [0, 0.05) is 47.8 Å². The molecule has 4 rings (SSSR count). The first-order valence-corrected chi connectivity index (χ1v) is 13.7. The first-order chi connectivity index (χ1) is 18.1. The van der Waals surface area contributed by atoms with Gasteiger partial charge < -0.3 is 14.8 Å². The highest BCUT2D eigenvalue weighted by Gasteiger charge is 2.12. The number of hydrogen-bond acceptors (Lipinski definition) is 7. The molecule has 0 bridgehead atoms. The lowest BCUT2D eigenvalue weighted by Crippen LogP contribution is -2.14. The number of rotatable bonds is 13. The molecule has 37 heavy (non-hydrogen) atoms. The van der Waals surface area contributed by atoms with Crippen LogP contribution in [-0.2, 0) is 28.8 Å². The van der Waals surface area contributed by atoms with E-state index in [2.05, 4.69) is 15.6 Å². The number of ether oxygens (including phenoxy) is 2. The van der Waals surface area contributed by atoms with Gasteiger partial charge in [0.25, 0.3) is 5.91 Å². The molecular weight excluding hydrogens is 506 g/mol. The van der Waals surface area contributed by atoms with Crippen LogP contribution in [0.2, 0.25) is 0 Å². The maximum absolute atomic E-state index is 12.9. The summed E-state index contributed by atoms with van der Waals surface area (Å²) in [4.78, 5) is 30.4. The van der Waals surface area contributed by atoms with Crippen molar-refractivity contribution in [1.29, 1.82) is 0 Å². The summed E-state index contributed by atoms with van der Waals surface area (Å²) < 4.78 is 11.0. The van der Waals surface area contributed by atoms with Crippen LogP contribution in [0, 0.1) is 0 Å². The van der Waals surface area contributed by atoms with Gasteiger partial charge in [0.05, 0.1) is 13.0 Å². The van der Waals surface area contributed by atoms with Crippen molar-refractivity contribution in [3.8, 4) is 5.75 Å². The number of nitrogens with zero attached hydrogens (tertiary/aromatic N) is 1. The molecule has 0 atom stereocenters. The fourth-order valence-corrected chi connectivity index (χ4v) is 4.96. The molecule has 0 saturated carbocycles. The van der Waals surface area contributed by atoms with E-state index in [1.165, 1.54) is 11.3 Å². The van der Waals surface area contributed by atoms with Gasteiger partial charge in [-0.05, 0) is 65.7 Å². The number of aromatic nitrogens is 1. The zero-order chi connectivity index (χ0) is 25.9. The number of amides is 2. The summed E-state index contributed by atoms with van der Waals surface area (Å²) in [5.74, 6) is 0.385. The smallest absolute Gasteiger partial charge is 0.257 e. The predicted octanol–water partition coefficient (Wildman–Crippen LogP) is 5.84. The third-order valence-electron chi connectivity index (χ3n) is 5.47. The van der Waals surface area contributed by atoms with E-state index in [0.29, 0.717) is 42.5 Å². The first kappa shape index (κ1) is 26.5. The molecule has 0 aliphatic rings. The number of hydrogen-bond donors (Lipinski definition) is 2. The van der Waals surface area contributed by atoms with E-state index < -0.39 is 0 Å². The highest BCUT2D eigenvalue weighted by atomic mass is 32.1. The SMILES string of the molecule is COCCCOc1cc(CCc2cccc(NC(=O)Cc3cccs3)c2)cc(C(=O)Nc2nccs2)c1. The van der Waals surface area contributed by atoms with Gasteiger partial charge in [-0.25, -0.2) is 4.98 Å². The summed E-state index contributed by atoms with van der Waals surface area (Å²) in [6, 6.07) is 17.4. The monoisotopic (exact) mass is 535 g/mol. The van der Waals surface area contributed by atoms with Crippen molar-refractivity contribution in [2.24, 2.45) is 0 Å². The molecular formula is C28H29N3O4S2. The number of carbonyl (C=O) groups is 2. The Hall–Kier alpha value is -3.53. The number of aryl methyl sites for hydroxylation is 2. The van der Waals surface area contributed by atoms with E-state index in [1.807, 2.05) is 59.3 Å². The van der Waals surface area contributed by atoms with Crippen molar-refractivity contribution in [2.45, 2.75) is 25.7 Å². The van der Waals surface area contributed by atoms with Crippen LogP contribution in [0.1, 0.15) is 32.8 Å². The third-order valence-corrected chi connectivity index (χ3v) is 7.04. The quantitative estimate of drug-likeness (QED) is 0.210. The van der Waals surface area contributed by atoms with Crippen LogP contribution in [0.4, 0.5) is 10.8 Å². The number of methoxy groups -OCH3 is 1. The summed E-state index contributed by atoms with van der Waals surface area (Å²) in [6.07, 6.45) is 4.23. The van der Waals surface area contributed by atoms with Crippen molar-refractivity contribution >= 4 is 45.3 Å². The molecule has 0 fully saturated rings. The summed E-state index contributed by atoms with van der Waals surface area (Å²) in [5, 5.41) is 10.2. The van der Waals surface area contributed by atoms with Gasteiger partial charge in [0.15, 0.2) is 5.13 Å². The second-order valence-electron chi connectivity index (χ2n) is 8.36. The van der Waals surface area contributed by atoms with Crippen LogP contribution in [0.3, 0.4) is 0 Å². The van der Waals surface area contributed by atoms with Gasteiger partial charge in [0.2, 0.25) is 5.91 Å². The minimum Gasteiger partial charge on any atom is -0.493 e. The molecule has 0 aliphatic carbocycles. The summed E-state index contributed by atoms with van der Waals surface area (Å²) in [6.45, 7) is 1.11. The minimum absolute atomic E-state index is 0.0335. The van der Waals surface area contributed by atoms with Crippen molar-refractivity contribution in [2.75, 3.05) is 31.0 Å². The van der Waals surface area contributed by atoms with Crippen LogP contribution in [0.25, 0.3) is 0 Å². The summed E-state index contributed by atoms with van der Waals surface area (Å²) >= 11 is 2.94. The molecule has 0 saturated heterocycles. The summed E-state index contributed by atoms with van der Waals surface area (Å²) in [7, 11) is 1.66. The molecule has 192 valence electrons. The Bertz CT molecular complexity index is 1290. The van der Waals surface area contributed by atoms with Crippen LogP contribution in [-0.4, -0.2) is 37.1 Å². The standard InChI is InChI=1S/C28H29N3O4S2/c1-34-11-4-12-35-24-17-21(15-22(18-24)27(33)31-28-29-10-14-37-28)9-8-20-5-2-6-23(16-20)30-26(32)19-25-7-3-13-36-25/h2-3,5-7,10,13-18H,4,8-9,11-12,19H2,1H3,(H,30,32)(H,29,31,33). The Morgan fingerprint density at radius 3 is 2.59 bits per heavy atom. The average molecular weight is 536 g/mol. The molecule has 9 heteroatoms. The highest BCUT2D eigenvalue weighted by Crippen LogP contribution is 2.22. The van der Waals surface area contributed by atoms with E-state index in [0.717, 1.165) is 34.5 Å². The topological polar surface area (TPSA) is 89.5 Å². The van der Waals surface area contributed by atoms with Crippen LogP contribution in [0.5, 0.6) is 5.75 Å². The molecule has 2 heterocycles. The van der Waals surface area contributed by atoms with Gasteiger partial charge in [-0.1, -0.05) is 18.2 Å². The third kappa shape index (κ3) is 8.52. The van der Waals surface area contributed by atoms with Gasteiger partial charge in [-0.2, -0.15) is 0 Å². The number of nitrogens with one attached hydrogen (secondary N) is 2. The highest BCUT2D eigenvalue weighted by molar-refractivity contribution is 7.13. The van der Waals surface area contributed by atoms with Gasteiger partial charge >= 0.3 is 0 Å². The van der Waals surface area contributed by atoms with Gasteiger partial charge in [-0.15, -0.1) is 22.7 Å². The lowest BCUT2D eigenvalue weighted by atomic mass is 10.0. The van der Waals surface area contributed by atoms with E-state index in [4.69, 9.17) is 9.47 Å². The zero-order valence-corrected chi connectivity index (χ0v) is 22.2. The summed E-state index contributed by atoms with van der Waals surface area (Å²) in [5.41, 5.74) is 3.37. The molecule has 0 spiro atoms. The number of anilines is 2. The maximum atomic E-state index is 12.9. The van der Waals surface area contributed by atoms with E-state index in [-0.39, 0.29) is 11.8 Å². The average Bonchev–Trinajstić information content (AvgIpc) is 3.60.